The van der Waals surface area contributed by atoms with Crippen LogP contribution in [0.5, 0.6) is 0 Å². The van der Waals surface area contributed by atoms with E-state index in [0.717, 1.165) is 12.8 Å². The maximum atomic E-state index is 11.4. The van der Waals surface area contributed by atoms with Crippen LogP contribution in [0.15, 0.2) is 35.5 Å². The van der Waals surface area contributed by atoms with E-state index in [0.29, 0.717) is 0 Å². The summed E-state index contributed by atoms with van der Waals surface area (Å²) < 4.78 is 0. The lowest BCUT2D eigenvalue weighted by molar-refractivity contribution is -0.110. The summed E-state index contributed by atoms with van der Waals surface area (Å²) in [5.74, 6) is 0.171. The third kappa shape index (κ3) is 2.18. The molecular formula is C15H20O. The molecule has 2 rings (SSSR count). The molecule has 0 saturated heterocycles. The minimum atomic E-state index is 0.170. The van der Waals surface area contributed by atoms with Gasteiger partial charge in [-0.05, 0) is 51.7 Å². The number of ketones is 1. The van der Waals surface area contributed by atoms with Gasteiger partial charge in [-0.2, -0.15) is 0 Å². The first-order valence-corrected chi connectivity index (χ1v) is 6.20. The van der Waals surface area contributed by atoms with E-state index >= 15 is 0 Å². The molecule has 86 valence electrons. The van der Waals surface area contributed by atoms with E-state index in [1.165, 1.54) is 30.4 Å². The van der Waals surface area contributed by atoms with Crippen molar-refractivity contribution in [1.29, 1.82) is 0 Å². The average Bonchev–Trinajstić information content (AvgIpc) is 2.27. The summed E-state index contributed by atoms with van der Waals surface area (Å²) in [6, 6.07) is 0. The molecule has 2 aliphatic carbocycles. The Morgan fingerprint density at radius 2 is 2.25 bits per heavy atom. The molecule has 1 saturated carbocycles. The molecule has 0 heterocycles. The van der Waals surface area contributed by atoms with E-state index in [1.54, 1.807) is 6.08 Å². The second-order valence-corrected chi connectivity index (χ2v) is 5.25. The molecule has 1 fully saturated rings. The highest BCUT2D eigenvalue weighted by atomic mass is 16.1. The smallest absolute Gasteiger partial charge is 0.178 e. The third-order valence-electron chi connectivity index (χ3n) is 3.72. The fourth-order valence-electron chi connectivity index (χ4n) is 2.72. The Hall–Kier alpha value is -1.11. The Kier molecular flexibility index (Phi) is 3.13. The molecule has 0 aromatic rings. The SMILES string of the molecule is CC(C)=CCC12C=CC(=O)C=C1CCCC2. The molecule has 1 heteroatoms. The highest BCUT2D eigenvalue weighted by Gasteiger charge is 2.35. The molecule has 0 spiro atoms. The van der Waals surface area contributed by atoms with Crippen molar-refractivity contribution in [2.45, 2.75) is 46.0 Å². The van der Waals surface area contributed by atoms with Crippen molar-refractivity contribution >= 4 is 5.78 Å². The third-order valence-corrected chi connectivity index (χ3v) is 3.72. The first kappa shape index (κ1) is 11.4. The minimum Gasteiger partial charge on any atom is -0.290 e. The van der Waals surface area contributed by atoms with Gasteiger partial charge in [0.25, 0.3) is 0 Å². The van der Waals surface area contributed by atoms with Crippen LogP contribution < -0.4 is 0 Å². The lowest BCUT2D eigenvalue weighted by Crippen LogP contribution is -2.27. The van der Waals surface area contributed by atoms with Crippen LogP contribution in [0.3, 0.4) is 0 Å². The van der Waals surface area contributed by atoms with Crippen molar-refractivity contribution in [2.75, 3.05) is 0 Å². The lowest BCUT2D eigenvalue weighted by Gasteiger charge is -2.38. The Bertz CT molecular complexity index is 380. The average molecular weight is 216 g/mol. The Morgan fingerprint density at radius 3 is 3.00 bits per heavy atom. The van der Waals surface area contributed by atoms with Crippen LogP contribution in [0, 0.1) is 5.41 Å². The van der Waals surface area contributed by atoms with Gasteiger partial charge in [-0.3, -0.25) is 4.79 Å². The standard InChI is InChI=1S/C15H20O/c1-12(2)6-9-15-8-4-3-5-13(15)11-14(16)7-10-15/h6-7,10-11H,3-5,8-9H2,1-2H3. The molecule has 16 heavy (non-hydrogen) atoms. The maximum Gasteiger partial charge on any atom is 0.178 e. The Morgan fingerprint density at radius 1 is 1.44 bits per heavy atom. The number of rotatable bonds is 2. The van der Waals surface area contributed by atoms with Gasteiger partial charge in [0.15, 0.2) is 5.78 Å². The summed E-state index contributed by atoms with van der Waals surface area (Å²) >= 11 is 0. The number of hydrogen-bond donors (Lipinski definition) is 0. The molecule has 0 aromatic carbocycles. The summed E-state index contributed by atoms with van der Waals surface area (Å²) in [6.07, 6.45) is 14.0. The van der Waals surface area contributed by atoms with E-state index in [-0.39, 0.29) is 11.2 Å². The first-order chi connectivity index (χ1) is 7.62. The normalized spacial score (nSPS) is 28.4. The van der Waals surface area contributed by atoms with Crippen LogP contribution in [0.1, 0.15) is 46.0 Å². The fraction of sp³-hybridized carbons (Fsp3) is 0.533. The summed E-state index contributed by atoms with van der Waals surface area (Å²) in [5, 5.41) is 0. The van der Waals surface area contributed by atoms with Gasteiger partial charge in [0.2, 0.25) is 0 Å². The number of carbonyl (C=O) groups excluding carboxylic acids is 1. The van der Waals surface area contributed by atoms with Crippen LogP contribution in [-0.2, 0) is 4.79 Å². The van der Waals surface area contributed by atoms with Crippen LogP contribution in [0.2, 0.25) is 0 Å². The molecule has 0 aromatic heterocycles. The molecule has 0 radical (unpaired) electrons. The molecule has 0 bridgehead atoms. The summed E-state index contributed by atoms with van der Waals surface area (Å²) in [7, 11) is 0. The minimum absolute atomic E-state index is 0.170. The zero-order chi connectivity index (χ0) is 11.6. The molecular weight excluding hydrogens is 196 g/mol. The number of fused-ring (bicyclic) bond motifs is 1. The lowest BCUT2D eigenvalue weighted by atomic mass is 9.66. The van der Waals surface area contributed by atoms with Crippen LogP contribution >= 0.6 is 0 Å². The fourth-order valence-corrected chi connectivity index (χ4v) is 2.72. The molecule has 0 amide bonds. The van der Waals surface area contributed by atoms with Crippen LogP contribution in [0.4, 0.5) is 0 Å². The van der Waals surface area contributed by atoms with Gasteiger partial charge in [-0.15, -0.1) is 0 Å². The molecule has 1 atom stereocenters. The van der Waals surface area contributed by atoms with E-state index in [2.05, 4.69) is 26.0 Å². The second-order valence-electron chi connectivity index (χ2n) is 5.25. The molecule has 0 N–H and O–H groups in total. The zero-order valence-electron chi connectivity index (χ0n) is 10.3. The van der Waals surface area contributed by atoms with Crippen molar-refractivity contribution in [1.82, 2.24) is 0 Å². The van der Waals surface area contributed by atoms with Crippen molar-refractivity contribution in [3.63, 3.8) is 0 Å². The number of carbonyl (C=O) groups is 1. The molecule has 0 aliphatic heterocycles. The van der Waals surface area contributed by atoms with Gasteiger partial charge in [0, 0.05) is 5.41 Å². The van der Waals surface area contributed by atoms with Gasteiger partial charge in [-0.25, -0.2) is 0 Å². The molecule has 1 unspecified atom stereocenters. The van der Waals surface area contributed by atoms with Crippen molar-refractivity contribution in [3.8, 4) is 0 Å². The van der Waals surface area contributed by atoms with Gasteiger partial charge in [0.05, 0.1) is 0 Å². The molecule has 1 nitrogen and oxygen atoms in total. The highest BCUT2D eigenvalue weighted by Crippen LogP contribution is 2.46. The van der Waals surface area contributed by atoms with E-state index in [4.69, 9.17) is 0 Å². The number of allylic oxidation sites excluding steroid dienone is 6. The Labute approximate surface area is 97.9 Å². The van der Waals surface area contributed by atoms with E-state index < -0.39 is 0 Å². The van der Waals surface area contributed by atoms with Gasteiger partial charge in [0.1, 0.15) is 0 Å². The van der Waals surface area contributed by atoms with Crippen LogP contribution in [-0.4, -0.2) is 5.78 Å². The predicted molar refractivity (Wildman–Crippen MR) is 67.2 cm³/mol. The van der Waals surface area contributed by atoms with Gasteiger partial charge < -0.3 is 0 Å². The van der Waals surface area contributed by atoms with Crippen LogP contribution in [0.25, 0.3) is 0 Å². The summed E-state index contributed by atoms with van der Waals surface area (Å²) in [4.78, 5) is 11.4. The maximum absolute atomic E-state index is 11.4. The van der Waals surface area contributed by atoms with Crippen molar-refractivity contribution < 1.29 is 4.79 Å². The summed E-state index contributed by atoms with van der Waals surface area (Å²) in [5.41, 5.74) is 2.90. The monoisotopic (exact) mass is 216 g/mol. The zero-order valence-corrected chi connectivity index (χ0v) is 10.3. The predicted octanol–water partition coefficient (Wildman–Crippen LogP) is 3.97. The second kappa shape index (κ2) is 4.40. The van der Waals surface area contributed by atoms with Gasteiger partial charge >= 0.3 is 0 Å². The molecule has 2 aliphatic rings. The topological polar surface area (TPSA) is 17.1 Å². The largest absolute Gasteiger partial charge is 0.290 e. The van der Waals surface area contributed by atoms with E-state index in [9.17, 15) is 4.79 Å². The highest BCUT2D eigenvalue weighted by molar-refractivity contribution is 6.01. The quantitative estimate of drug-likeness (QED) is 0.638. The van der Waals surface area contributed by atoms with E-state index in [1.807, 2.05) is 6.08 Å². The Balaban J connectivity index is 2.27. The van der Waals surface area contributed by atoms with Crippen molar-refractivity contribution in [2.24, 2.45) is 5.41 Å². The first-order valence-electron chi connectivity index (χ1n) is 6.20. The summed E-state index contributed by atoms with van der Waals surface area (Å²) in [6.45, 7) is 4.28. The van der Waals surface area contributed by atoms with Gasteiger partial charge in [-0.1, -0.05) is 29.7 Å². The van der Waals surface area contributed by atoms with Crippen molar-refractivity contribution in [3.05, 3.63) is 35.5 Å². The number of hydrogen-bond acceptors (Lipinski definition) is 1.